The molecule has 1 aliphatic carbocycles. The number of fused-ring (bicyclic) bond motifs is 1. The molecule has 5 heteroatoms. The maximum absolute atomic E-state index is 11.2. The van der Waals surface area contributed by atoms with E-state index in [0.717, 1.165) is 23.9 Å². The van der Waals surface area contributed by atoms with Crippen molar-refractivity contribution in [3.05, 3.63) is 36.0 Å². The number of carboxylic acids is 1. The summed E-state index contributed by atoms with van der Waals surface area (Å²) in [4.78, 5) is 17.5. The van der Waals surface area contributed by atoms with Crippen LogP contribution in [0.1, 0.15) is 23.3 Å². The number of carboxylic acid groups (broad SMARTS) is 1. The van der Waals surface area contributed by atoms with Crippen LogP contribution in [0.4, 0.5) is 5.69 Å². The molecule has 0 saturated heterocycles. The van der Waals surface area contributed by atoms with Crippen LogP contribution in [0.5, 0.6) is 0 Å². The van der Waals surface area contributed by atoms with Crippen molar-refractivity contribution >= 4 is 22.6 Å². The number of aromatic nitrogens is 1. The molecule has 1 aromatic carbocycles. The summed E-state index contributed by atoms with van der Waals surface area (Å²) in [6, 6.07) is 9.52. The summed E-state index contributed by atoms with van der Waals surface area (Å²) in [6.07, 6.45) is 2.16. The first-order valence-electron chi connectivity index (χ1n) is 6.71. The minimum atomic E-state index is -1.03. The highest BCUT2D eigenvalue weighted by Gasteiger charge is 2.30. The van der Waals surface area contributed by atoms with Crippen molar-refractivity contribution in [3.8, 4) is 0 Å². The summed E-state index contributed by atoms with van der Waals surface area (Å²) in [6.45, 7) is 0.563. The van der Waals surface area contributed by atoms with Crippen LogP contribution in [-0.4, -0.2) is 40.4 Å². The molecule has 2 aromatic rings. The average molecular weight is 272 g/mol. The third-order valence-electron chi connectivity index (χ3n) is 3.55. The average Bonchev–Trinajstić information content (AvgIpc) is 3.28. The Labute approximate surface area is 116 Å². The normalized spacial score (nSPS) is 14.4. The molecule has 0 unspecified atom stereocenters. The number of pyridine rings is 1. The number of benzene rings is 1. The molecule has 0 radical (unpaired) electrons. The number of carbonyl (C=O) groups is 1. The fourth-order valence-electron chi connectivity index (χ4n) is 2.50. The summed E-state index contributed by atoms with van der Waals surface area (Å²) in [5.74, 6) is -1.03. The van der Waals surface area contributed by atoms with Gasteiger partial charge < -0.3 is 15.1 Å². The lowest BCUT2D eigenvalue weighted by molar-refractivity contribution is 0.0691. The molecular weight excluding hydrogens is 256 g/mol. The van der Waals surface area contributed by atoms with Gasteiger partial charge in [0.05, 0.1) is 12.1 Å². The Bertz CT molecular complexity index is 653. The third kappa shape index (κ3) is 2.32. The molecule has 1 saturated carbocycles. The first-order chi connectivity index (χ1) is 9.70. The smallest absolute Gasteiger partial charge is 0.354 e. The molecule has 104 valence electrons. The van der Waals surface area contributed by atoms with Gasteiger partial charge in [-0.15, -0.1) is 0 Å². The van der Waals surface area contributed by atoms with Crippen LogP contribution >= 0.6 is 0 Å². The van der Waals surface area contributed by atoms with E-state index in [2.05, 4.69) is 9.88 Å². The van der Waals surface area contributed by atoms with Crippen molar-refractivity contribution in [1.82, 2.24) is 4.98 Å². The molecule has 0 amide bonds. The molecule has 1 aromatic heterocycles. The quantitative estimate of drug-likeness (QED) is 0.869. The zero-order valence-electron chi connectivity index (χ0n) is 11.0. The lowest BCUT2D eigenvalue weighted by atomic mass is 10.1. The predicted molar refractivity (Wildman–Crippen MR) is 76.2 cm³/mol. The molecule has 1 fully saturated rings. The van der Waals surface area contributed by atoms with E-state index in [9.17, 15) is 15.0 Å². The molecule has 1 aliphatic rings. The number of rotatable bonds is 5. The summed E-state index contributed by atoms with van der Waals surface area (Å²) >= 11 is 0. The van der Waals surface area contributed by atoms with Crippen molar-refractivity contribution in [2.75, 3.05) is 18.1 Å². The van der Waals surface area contributed by atoms with E-state index in [1.165, 1.54) is 0 Å². The van der Waals surface area contributed by atoms with Crippen molar-refractivity contribution in [1.29, 1.82) is 0 Å². The summed E-state index contributed by atoms with van der Waals surface area (Å²) in [5, 5.41) is 19.4. The van der Waals surface area contributed by atoms with E-state index in [1.807, 2.05) is 24.3 Å². The zero-order valence-corrected chi connectivity index (χ0v) is 11.0. The van der Waals surface area contributed by atoms with Gasteiger partial charge in [-0.25, -0.2) is 9.78 Å². The number of para-hydroxylation sites is 1. The van der Waals surface area contributed by atoms with Crippen LogP contribution in [0.15, 0.2) is 30.3 Å². The molecule has 5 nitrogen and oxygen atoms in total. The van der Waals surface area contributed by atoms with Crippen molar-refractivity contribution in [3.63, 3.8) is 0 Å². The molecule has 3 rings (SSSR count). The molecule has 2 N–H and O–H groups in total. The van der Waals surface area contributed by atoms with Gasteiger partial charge in [-0.05, 0) is 25.0 Å². The molecule has 0 spiro atoms. The van der Waals surface area contributed by atoms with E-state index >= 15 is 0 Å². The minimum absolute atomic E-state index is 0.0438. The van der Waals surface area contributed by atoms with Gasteiger partial charge in [0.2, 0.25) is 0 Å². The Morgan fingerprint density at radius 2 is 2.10 bits per heavy atom. The van der Waals surface area contributed by atoms with Gasteiger partial charge in [-0.1, -0.05) is 18.2 Å². The molecule has 0 atom stereocenters. The van der Waals surface area contributed by atoms with Crippen LogP contribution in [0.3, 0.4) is 0 Å². The van der Waals surface area contributed by atoms with Gasteiger partial charge in [0.25, 0.3) is 0 Å². The Kier molecular flexibility index (Phi) is 3.28. The number of nitrogens with zero attached hydrogens (tertiary/aromatic N) is 2. The highest BCUT2D eigenvalue weighted by atomic mass is 16.4. The van der Waals surface area contributed by atoms with Gasteiger partial charge in [0.1, 0.15) is 0 Å². The van der Waals surface area contributed by atoms with E-state index in [0.29, 0.717) is 18.1 Å². The summed E-state index contributed by atoms with van der Waals surface area (Å²) in [7, 11) is 0. The van der Waals surface area contributed by atoms with Crippen molar-refractivity contribution in [2.45, 2.75) is 18.9 Å². The van der Waals surface area contributed by atoms with E-state index in [4.69, 9.17) is 0 Å². The molecular formula is C15H16N2O3. The second-order valence-electron chi connectivity index (χ2n) is 5.00. The van der Waals surface area contributed by atoms with Crippen molar-refractivity contribution < 1.29 is 15.0 Å². The number of hydrogen-bond acceptors (Lipinski definition) is 4. The maximum atomic E-state index is 11.2. The van der Waals surface area contributed by atoms with Gasteiger partial charge in [-0.3, -0.25) is 0 Å². The van der Waals surface area contributed by atoms with Crippen LogP contribution in [0.2, 0.25) is 0 Å². The lowest BCUT2D eigenvalue weighted by Gasteiger charge is -2.25. The van der Waals surface area contributed by atoms with Gasteiger partial charge in [0.15, 0.2) is 5.69 Å². The lowest BCUT2D eigenvalue weighted by Crippen LogP contribution is -2.29. The van der Waals surface area contributed by atoms with Gasteiger partial charge in [-0.2, -0.15) is 0 Å². The maximum Gasteiger partial charge on any atom is 0.354 e. The Hall–Kier alpha value is -2.14. The standard InChI is InChI=1S/C15H16N2O3/c18-8-7-17(10-5-6-10)14-9-13(15(19)20)16-12-4-2-1-3-11(12)14/h1-4,9-10,18H,5-8H2,(H,19,20). The Morgan fingerprint density at radius 3 is 2.75 bits per heavy atom. The van der Waals surface area contributed by atoms with Crippen LogP contribution in [0.25, 0.3) is 10.9 Å². The fourth-order valence-corrected chi connectivity index (χ4v) is 2.50. The molecule has 0 aliphatic heterocycles. The molecule has 20 heavy (non-hydrogen) atoms. The van der Waals surface area contributed by atoms with Gasteiger partial charge in [0, 0.05) is 23.7 Å². The van der Waals surface area contributed by atoms with E-state index in [-0.39, 0.29) is 12.3 Å². The zero-order chi connectivity index (χ0) is 14.1. The largest absolute Gasteiger partial charge is 0.477 e. The highest BCUT2D eigenvalue weighted by molar-refractivity contribution is 5.97. The van der Waals surface area contributed by atoms with E-state index in [1.54, 1.807) is 6.07 Å². The van der Waals surface area contributed by atoms with Crippen LogP contribution < -0.4 is 4.90 Å². The van der Waals surface area contributed by atoms with E-state index < -0.39 is 5.97 Å². The number of aliphatic hydroxyl groups is 1. The topological polar surface area (TPSA) is 73.7 Å². The highest BCUT2D eigenvalue weighted by Crippen LogP contribution is 2.35. The fraction of sp³-hybridized carbons (Fsp3) is 0.333. The second-order valence-corrected chi connectivity index (χ2v) is 5.00. The number of hydrogen-bond donors (Lipinski definition) is 2. The Balaban J connectivity index is 2.17. The monoisotopic (exact) mass is 272 g/mol. The number of aliphatic hydroxyl groups excluding tert-OH is 1. The molecule has 1 heterocycles. The van der Waals surface area contributed by atoms with Crippen LogP contribution in [0, 0.1) is 0 Å². The first kappa shape index (κ1) is 12.9. The van der Waals surface area contributed by atoms with Crippen LogP contribution in [-0.2, 0) is 0 Å². The SMILES string of the molecule is O=C(O)c1cc(N(CCO)C2CC2)c2ccccc2n1. The minimum Gasteiger partial charge on any atom is -0.477 e. The van der Waals surface area contributed by atoms with Gasteiger partial charge >= 0.3 is 5.97 Å². The first-order valence-corrected chi connectivity index (χ1v) is 6.71. The summed E-state index contributed by atoms with van der Waals surface area (Å²) < 4.78 is 0. The Morgan fingerprint density at radius 1 is 1.35 bits per heavy atom. The number of anilines is 1. The predicted octanol–water partition coefficient (Wildman–Crippen LogP) is 1.89. The third-order valence-corrected chi connectivity index (χ3v) is 3.55. The second kappa shape index (κ2) is 5.09. The summed E-state index contributed by atoms with van der Waals surface area (Å²) in [5.41, 5.74) is 1.57. The molecule has 0 bridgehead atoms. The number of aromatic carboxylic acids is 1. The van der Waals surface area contributed by atoms with Crippen molar-refractivity contribution in [2.24, 2.45) is 0 Å².